The number of methoxy groups -OCH3 is 1. The van der Waals surface area contributed by atoms with Crippen LogP contribution in [-0.2, 0) is 24.9 Å². The molecule has 0 atom stereocenters. The van der Waals surface area contributed by atoms with E-state index >= 15 is 0 Å². The Morgan fingerprint density at radius 1 is 0.635 bits per heavy atom. The van der Waals surface area contributed by atoms with Gasteiger partial charge in [-0.15, -0.1) is 11.8 Å². The predicted molar refractivity (Wildman–Crippen MR) is 221 cm³/mol. The van der Waals surface area contributed by atoms with Gasteiger partial charge in [-0.25, -0.2) is 0 Å². The number of benzene rings is 3. The lowest BCUT2D eigenvalue weighted by Crippen LogP contribution is -2.26. The van der Waals surface area contributed by atoms with Crippen LogP contribution in [0.3, 0.4) is 0 Å². The van der Waals surface area contributed by atoms with Crippen LogP contribution in [0.25, 0.3) is 0 Å². The number of hydrogen-bond acceptors (Lipinski definition) is 8. The number of hydrogen-bond donors (Lipinski definition) is 4. The summed E-state index contributed by atoms with van der Waals surface area (Å²) in [6, 6.07) is 27.3. The molecule has 0 spiro atoms. The Hall–Kier alpha value is -4.22. The molecule has 0 heterocycles. The molecule has 52 heavy (non-hydrogen) atoms. The van der Waals surface area contributed by atoms with Crippen LogP contribution in [0.2, 0.25) is 0 Å². The molecule has 9 nitrogen and oxygen atoms in total. The quantitative estimate of drug-likeness (QED) is 0.0751. The highest BCUT2D eigenvalue weighted by atomic mass is 32.2. The summed E-state index contributed by atoms with van der Waals surface area (Å²) in [5.74, 6) is 2.40. The number of rotatable bonds is 22. The molecule has 0 aliphatic rings. The van der Waals surface area contributed by atoms with Crippen molar-refractivity contribution in [3.63, 3.8) is 0 Å². The zero-order valence-corrected chi connectivity index (χ0v) is 33.0. The van der Waals surface area contributed by atoms with Crippen LogP contribution in [0.4, 0.5) is 11.4 Å². The fourth-order valence-corrected chi connectivity index (χ4v) is 5.73. The summed E-state index contributed by atoms with van der Waals surface area (Å²) in [6.07, 6.45) is 7.01. The van der Waals surface area contributed by atoms with Gasteiger partial charge in [-0.05, 0) is 74.1 Å². The summed E-state index contributed by atoms with van der Waals surface area (Å²) in [4.78, 5) is 45.8. The lowest BCUT2D eigenvalue weighted by molar-refractivity contribution is -0.119. The maximum absolute atomic E-state index is 11.8. The summed E-state index contributed by atoms with van der Waals surface area (Å²) in [7, 11) is 1.64. The Kier molecular flexibility index (Phi) is 26.8. The van der Waals surface area contributed by atoms with Gasteiger partial charge in [-0.1, -0.05) is 93.6 Å². The molecule has 3 aromatic rings. The first-order chi connectivity index (χ1) is 25.2. The number of thioether (sulfide) groups is 2. The third-order valence-corrected chi connectivity index (χ3v) is 8.92. The van der Waals surface area contributed by atoms with E-state index in [1.54, 1.807) is 18.9 Å². The zero-order chi connectivity index (χ0) is 38.2. The Balaban J connectivity index is 0.000000498. The summed E-state index contributed by atoms with van der Waals surface area (Å²) in [5.41, 5.74) is 4.04. The zero-order valence-electron chi connectivity index (χ0n) is 31.3. The van der Waals surface area contributed by atoms with Gasteiger partial charge in [0.1, 0.15) is 5.75 Å². The van der Waals surface area contributed by atoms with Crippen molar-refractivity contribution in [3.05, 3.63) is 103 Å². The molecular formula is C41H58N4O5S2. The van der Waals surface area contributed by atoms with Crippen molar-refractivity contribution in [1.82, 2.24) is 10.6 Å². The van der Waals surface area contributed by atoms with Gasteiger partial charge in [-0.3, -0.25) is 19.2 Å². The number of allylic oxidation sites excluding steroid dienone is 1. The van der Waals surface area contributed by atoms with E-state index < -0.39 is 0 Å². The van der Waals surface area contributed by atoms with E-state index in [0.717, 1.165) is 85.3 Å². The standard InChI is InChI=1S/C21H26N2O2S.C18H26N2O3S.C2H6/c24-20(23-19-12-6-2-7-13-19)14-8-3-9-15-22-21(25)17-26-16-18-10-4-1-5-11-18;1-14(20-16-8-10-17(23-3)11-9-16)7-5-4-6-12-19-18(22)13-24-15(2)21;1-2/h1-2,4-7,10-13H,3,8-9,14-17H2,(H,22,25)(H,23,24);8-11,20H,1,4-7,12-13H2,2-3H3,(H,19,22);1-2H3. The molecule has 4 N–H and O–H groups in total. The molecule has 0 bridgehead atoms. The number of carbonyl (C=O) groups excluding carboxylic acids is 4. The lowest BCUT2D eigenvalue weighted by atomic mass is 10.1. The third-order valence-electron chi connectivity index (χ3n) is 7.10. The average Bonchev–Trinajstić information content (AvgIpc) is 3.16. The molecule has 0 aliphatic carbocycles. The number of amides is 3. The number of unbranched alkanes of at least 4 members (excludes halogenated alkanes) is 4. The first-order valence-corrected chi connectivity index (χ1v) is 20.1. The average molecular weight is 751 g/mol. The van der Waals surface area contributed by atoms with Crippen molar-refractivity contribution in [3.8, 4) is 5.75 Å². The molecule has 0 aliphatic heterocycles. The summed E-state index contributed by atoms with van der Waals surface area (Å²) in [6.45, 7) is 10.8. The van der Waals surface area contributed by atoms with E-state index in [4.69, 9.17) is 4.74 Å². The fourth-order valence-electron chi connectivity index (χ4n) is 4.47. The van der Waals surface area contributed by atoms with Crippen LogP contribution in [0, 0.1) is 0 Å². The van der Waals surface area contributed by atoms with Crippen LogP contribution in [0.1, 0.15) is 77.7 Å². The van der Waals surface area contributed by atoms with E-state index in [9.17, 15) is 19.2 Å². The minimum absolute atomic E-state index is 0.0342. The number of nitrogens with one attached hydrogen (secondary N) is 4. The topological polar surface area (TPSA) is 126 Å². The van der Waals surface area contributed by atoms with Crippen LogP contribution in [-0.4, -0.2) is 54.5 Å². The third kappa shape index (κ3) is 24.8. The molecule has 0 unspecified atom stereocenters. The maximum atomic E-state index is 11.8. The van der Waals surface area contributed by atoms with Gasteiger partial charge in [0.25, 0.3) is 0 Å². The second-order valence-electron chi connectivity index (χ2n) is 11.5. The highest BCUT2D eigenvalue weighted by Gasteiger charge is 2.05. The van der Waals surface area contributed by atoms with Crippen molar-refractivity contribution in [2.24, 2.45) is 0 Å². The Labute approximate surface area is 319 Å². The van der Waals surface area contributed by atoms with Gasteiger partial charge in [0, 0.05) is 49.3 Å². The van der Waals surface area contributed by atoms with E-state index in [0.29, 0.717) is 25.3 Å². The summed E-state index contributed by atoms with van der Waals surface area (Å²) < 4.78 is 5.12. The molecule has 0 aromatic heterocycles. The monoisotopic (exact) mass is 750 g/mol. The molecule has 284 valence electrons. The van der Waals surface area contributed by atoms with Gasteiger partial charge in [-0.2, -0.15) is 0 Å². The van der Waals surface area contributed by atoms with Crippen LogP contribution in [0.15, 0.2) is 97.2 Å². The van der Waals surface area contributed by atoms with Gasteiger partial charge in [0.05, 0.1) is 18.6 Å². The van der Waals surface area contributed by atoms with Gasteiger partial charge < -0.3 is 26.0 Å². The highest BCUT2D eigenvalue weighted by molar-refractivity contribution is 8.14. The minimum atomic E-state index is -0.0826. The van der Waals surface area contributed by atoms with Crippen molar-refractivity contribution in [1.29, 1.82) is 0 Å². The second kappa shape index (κ2) is 30.4. The highest BCUT2D eigenvalue weighted by Crippen LogP contribution is 2.18. The smallest absolute Gasteiger partial charge is 0.230 e. The molecule has 0 saturated carbocycles. The van der Waals surface area contributed by atoms with E-state index in [2.05, 4.69) is 40.0 Å². The predicted octanol–water partition coefficient (Wildman–Crippen LogP) is 8.84. The summed E-state index contributed by atoms with van der Waals surface area (Å²) in [5, 5.41) is 11.9. The van der Waals surface area contributed by atoms with Gasteiger partial charge >= 0.3 is 0 Å². The van der Waals surface area contributed by atoms with E-state index in [1.807, 2.05) is 86.6 Å². The number of carbonyl (C=O) groups is 4. The molecule has 3 aromatic carbocycles. The number of para-hydroxylation sites is 1. The van der Waals surface area contributed by atoms with E-state index in [1.165, 1.54) is 12.5 Å². The normalized spacial score (nSPS) is 9.92. The van der Waals surface area contributed by atoms with Gasteiger partial charge in [0.2, 0.25) is 17.7 Å². The SMILES string of the molecule is C=C(CCCCCNC(=O)CSC(C)=O)Nc1ccc(OC)cc1.CC.O=C(CSCc1ccccc1)NCCCCCC(=O)Nc1ccccc1. The first-order valence-electron chi connectivity index (χ1n) is 18.0. The van der Waals surface area contributed by atoms with Crippen molar-refractivity contribution < 1.29 is 23.9 Å². The summed E-state index contributed by atoms with van der Waals surface area (Å²) >= 11 is 2.66. The second-order valence-corrected chi connectivity index (χ2v) is 13.6. The van der Waals surface area contributed by atoms with Crippen molar-refractivity contribution in [2.75, 3.05) is 42.3 Å². The maximum Gasteiger partial charge on any atom is 0.230 e. The first kappa shape index (κ1) is 45.8. The van der Waals surface area contributed by atoms with Crippen LogP contribution in [0.5, 0.6) is 5.75 Å². The van der Waals surface area contributed by atoms with E-state index in [-0.39, 0.29) is 28.6 Å². The van der Waals surface area contributed by atoms with Crippen molar-refractivity contribution in [2.45, 2.75) is 77.9 Å². The molecule has 0 radical (unpaired) electrons. The number of ether oxygens (including phenoxy) is 1. The molecular weight excluding hydrogens is 693 g/mol. The molecule has 11 heteroatoms. The van der Waals surface area contributed by atoms with Gasteiger partial charge in [0.15, 0.2) is 5.12 Å². The minimum Gasteiger partial charge on any atom is -0.497 e. The molecule has 3 rings (SSSR count). The Bertz CT molecular complexity index is 1420. The van der Waals surface area contributed by atoms with Crippen molar-refractivity contribution >= 4 is 57.7 Å². The lowest BCUT2D eigenvalue weighted by Gasteiger charge is -2.10. The largest absolute Gasteiger partial charge is 0.497 e. The molecule has 3 amide bonds. The Morgan fingerprint density at radius 2 is 1.17 bits per heavy atom. The number of anilines is 2. The fraction of sp³-hybridized carbons (Fsp3) is 0.415. The Morgan fingerprint density at radius 3 is 1.75 bits per heavy atom. The van der Waals surface area contributed by atoms with Crippen LogP contribution < -0.4 is 26.0 Å². The molecule has 0 fully saturated rings. The molecule has 0 saturated heterocycles. The van der Waals surface area contributed by atoms with Crippen LogP contribution >= 0.6 is 23.5 Å².